The van der Waals surface area contributed by atoms with Gasteiger partial charge in [0.05, 0.1) is 14.2 Å². The van der Waals surface area contributed by atoms with Crippen molar-refractivity contribution >= 4 is 5.91 Å². The molecule has 1 fully saturated rings. The van der Waals surface area contributed by atoms with Crippen LogP contribution in [-0.2, 0) is 11.3 Å². The minimum Gasteiger partial charge on any atom is -0.497 e. The molecule has 0 aliphatic carbocycles. The minimum atomic E-state index is -0.299. The number of ether oxygens (including phenoxy) is 2. The lowest BCUT2D eigenvalue weighted by Crippen LogP contribution is -2.56. The van der Waals surface area contributed by atoms with Gasteiger partial charge in [0.2, 0.25) is 5.91 Å². The number of piperazine rings is 1. The number of carbonyl (C=O) groups excluding carboxylic acids is 1. The first-order valence-corrected chi connectivity index (χ1v) is 6.60. The molecular weight excluding hydrogens is 258 g/mol. The summed E-state index contributed by atoms with van der Waals surface area (Å²) in [6.45, 7) is 2.87. The molecule has 0 bridgehead atoms. The highest BCUT2D eigenvalue weighted by Gasteiger charge is 2.26. The van der Waals surface area contributed by atoms with Crippen LogP contribution in [0.1, 0.15) is 5.56 Å². The van der Waals surface area contributed by atoms with E-state index in [0.717, 1.165) is 30.2 Å². The van der Waals surface area contributed by atoms with Crippen molar-refractivity contribution in [1.82, 2.24) is 10.2 Å². The van der Waals surface area contributed by atoms with Crippen molar-refractivity contribution in [2.24, 2.45) is 5.73 Å². The Labute approximate surface area is 118 Å². The number of benzene rings is 1. The molecule has 1 aliphatic heterocycles. The first-order valence-electron chi connectivity index (χ1n) is 6.60. The van der Waals surface area contributed by atoms with Crippen molar-refractivity contribution in [2.75, 3.05) is 33.9 Å². The van der Waals surface area contributed by atoms with Crippen LogP contribution in [0.2, 0.25) is 0 Å². The molecule has 20 heavy (non-hydrogen) atoms. The molecule has 2 rings (SSSR count). The SMILES string of the molecule is COc1cc(CN2CCNCC2C(N)=O)cc(OC)c1. The van der Waals surface area contributed by atoms with E-state index in [0.29, 0.717) is 13.1 Å². The third kappa shape index (κ3) is 3.40. The van der Waals surface area contributed by atoms with Crippen LogP contribution >= 0.6 is 0 Å². The van der Waals surface area contributed by atoms with Gasteiger partial charge in [0, 0.05) is 32.2 Å². The standard InChI is InChI=1S/C14H21N3O3/c1-19-11-5-10(6-12(7-11)20-2)9-17-4-3-16-8-13(17)14(15)18/h5-7,13,16H,3-4,8-9H2,1-2H3,(H2,15,18). The van der Waals surface area contributed by atoms with E-state index < -0.39 is 0 Å². The van der Waals surface area contributed by atoms with Crippen molar-refractivity contribution in [3.63, 3.8) is 0 Å². The molecule has 6 heteroatoms. The van der Waals surface area contributed by atoms with Gasteiger partial charge in [-0.05, 0) is 17.7 Å². The topological polar surface area (TPSA) is 76.8 Å². The smallest absolute Gasteiger partial charge is 0.236 e. The van der Waals surface area contributed by atoms with E-state index in [-0.39, 0.29) is 11.9 Å². The predicted molar refractivity (Wildman–Crippen MR) is 75.8 cm³/mol. The summed E-state index contributed by atoms with van der Waals surface area (Å²) < 4.78 is 10.5. The average Bonchev–Trinajstić information content (AvgIpc) is 2.47. The van der Waals surface area contributed by atoms with Crippen LogP contribution in [0.4, 0.5) is 0 Å². The number of rotatable bonds is 5. The fourth-order valence-electron chi connectivity index (χ4n) is 2.41. The third-order valence-electron chi connectivity index (χ3n) is 3.48. The molecule has 0 aromatic heterocycles. The monoisotopic (exact) mass is 279 g/mol. The second kappa shape index (κ2) is 6.58. The highest BCUT2D eigenvalue weighted by Crippen LogP contribution is 2.24. The Hall–Kier alpha value is -1.79. The van der Waals surface area contributed by atoms with Crippen LogP contribution in [-0.4, -0.2) is 50.7 Å². The maximum absolute atomic E-state index is 11.5. The molecule has 1 atom stereocenters. The number of primary amides is 1. The summed E-state index contributed by atoms with van der Waals surface area (Å²) >= 11 is 0. The van der Waals surface area contributed by atoms with Crippen LogP contribution < -0.4 is 20.5 Å². The Balaban J connectivity index is 2.17. The Bertz CT molecular complexity index is 456. The van der Waals surface area contributed by atoms with E-state index in [1.807, 2.05) is 18.2 Å². The molecule has 1 amide bonds. The zero-order chi connectivity index (χ0) is 14.5. The fraction of sp³-hybridized carbons (Fsp3) is 0.500. The van der Waals surface area contributed by atoms with Gasteiger partial charge in [-0.25, -0.2) is 0 Å². The Kier molecular flexibility index (Phi) is 4.81. The number of nitrogens with two attached hydrogens (primary N) is 1. The molecule has 3 N–H and O–H groups in total. The normalized spacial score (nSPS) is 19.6. The number of hydrogen-bond acceptors (Lipinski definition) is 5. The summed E-state index contributed by atoms with van der Waals surface area (Å²) in [5.41, 5.74) is 6.49. The highest BCUT2D eigenvalue weighted by atomic mass is 16.5. The van der Waals surface area contributed by atoms with E-state index in [1.54, 1.807) is 14.2 Å². The second-order valence-corrected chi connectivity index (χ2v) is 4.81. The van der Waals surface area contributed by atoms with Crippen LogP contribution in [0.3, 0.4) is 0 Å². The molecule has 0 radical (unpaired) electrons. The zero-order valence-electron chi connectivity index (χ0n) is 11.9. The molecule has 110 valence electrons. The fourth-order valence-corrected chi connectivity index (χ4v) is 2.41. The number of amides is 1. The van der Waals surface area contributed by atoms with E-state index in [9.17, 15) is 4.79 Å². The van der Waals surface area contributed by atoms with Gasteiger partial charge in [-0.3, -0.25) is 9.69 Å². The predicted octanol–water partition coefficient (Wildman–Crippen LogP) is -0.0371. The quantitative estimate of drug-likeness (QED) is 0.791. The number of nitrogens with zero attached hydrogens (tertiary/aromatic N) is 1. The van der Waals surface area contributed by atoms with Gasteiger partial charge < -0.3 is 20.5 Å². The molecule has 1 aromatic rings. The first kappa shape index (κ1) is 14.6. The van der Waals surface area contributed by atoms with Crippen molar-refractivity contribution < 1.29 is 14.3 Å². The number of methoxy groups -OCH3 is 2. The molecule has 0 spiro atoms. The van der Waals surface area contributed by atoms with Crippen molar-refractivity contribution in [2.45, 2.75) is 12.6 Å². The van der Waals surface area contributed by atoms with E-state index >= 15 is 0 Å². The van der Waals surface area contributed by atoms with Crippen molar-refractivity contribution in [3.05, 3.63) is 23.8 Å². The van der Waals surface area contributed by atoms with Crippen LogP contribution in [0.25, 0.3) is 0 Å². The maximum atomic E-state index is 11.5. The van der Waals surface area contributed by atoms with Gasteiger partial charge in [-0.1, -0.05) is 0 Å². The lowest BCUT2D eigenvalue weighted by molar-refractivity contribution is -0.124. The molecule has 1 aliphatic rings. The van der Waals surface area contributed by atoms with Gasteiger partial charge >= 0.3 is 0 Å². The summed E-state index contributed by atoms with van der Waals surface area (Å²) in [6, 6.07) is 5.44. The van der Waals surface area contributed by atoms with Crippen molar-refractivity contribution in [3.8, 4) is 11.5 Å². The lowest BCUT2D eigenvalue weighted by Gasteiger charge is -2.34. The minimum absolute atomic E-state index is 0.277. The van der Waals surface area contributed by atoms with Gasteiger partial charge in [0.1, 0.15) is 17.5 Å². The largest absolute Gasteiger partial charge is 0.497 e. The number of carbonyl (C=O) groups is 1. The maximum Gasteiger partial charge on any atom is 0.236 e. The molecule has 1 heterocycles. The molecule has 6 nitrogen and oxygen atoms in total. The molecule has 1 aromatic carbocycles. The van der Waals surface area contributed by atoms with Gasteiger partial charge in [0.15, 0.2) is 0 Å². The Morgan fingerprint density at radius 1 is 1.35 bits per heavy atom. The summed E-state index contributed by atoms with van der Waals surface area (Å²) in [7, 11) is 3.24. The van der Waals surface area contributed by atoms with E-state index in [2.05, 4.69) is 10.2 Å². The third-order valence-corrected chi connectivity index (χ3v) is 3.48. The highest BCUT2D eigenvalue weighted by molar-refractivity contribution is 5.80. The molecular formula is C14H21N3O3. The van der Waals surface area contributed by atoms with Crippen LogP contribution in [0.15, 0.2) is 18.2 Å². The summed E-state index contributed by atoms with van der Waals surface area (Å²) in [6.07, 6.45) is 0. The molecule has 0 saturated carbocycles. The van der Waals surface area contributed by atoms with Crippen LogP contribution in [0, 0.1) is 0 Å². The van der Waals surface area contributed by atoms with Crippen molar-refractivity contribution in [1.29, 1.82) is 0 Å². The van der Waals surface area contributed by atoms with E-state index in [1.165, 1.54) is 0 Å². The van der Waals surface area contributed by atoms with Crippen LogP contribution in [0.5, 0.6) is 11.5 Å². The number of hydrogen-bond donors (Lipinski definition) is 2. The summed E-state index contributed by atoms with van der Waals surface area (Å²) in [5.74, 6) is 1.18. The Morgan fingerprint density at radius 3 is 2.55 bits per heavy atom. The van der Waals surface area contributed by atoms with Gasteiger partial charge in [-0.15, -0.1) is 0 Å². The summed E-state index contributed by atoms with van der Waals surface area (Å²) in [4.78, 5) is 13.6. The zero-order valence-corrected chi connectivity index (χ0v) is 11.9. The van der Waals surface area contributed by atoms with Gasteiger partial charge in [0.25, 0.3) is 0 Å². The molecule has 1 unspecified atom stereocenters. The van der Waals surface area contributed by atoms with E-state index in [4.69, 9.17) is 15.2 Å². The Morgan fingerprint density at radius 2 is 2.00 bits per heavy atom. The first-order chi connectivity index (χ1) is 9.63. The number of nitrogens with one attached hydrogen (secondary N) is 1. The lowest BCUT2D eigenvalue weighted by atomic mass is 10.1. The summed E-state index contributed by atoms with van der Waals surface area (Å²) in [5, 5.41) is 3.19. The molecule has 1 saturated heterocycles. The second-order valence-electron chi connectivity index (χ2n) is 4.81. The van der Waals surface area contributed by atoms with Gasteiger partial charge in [-0.2, -0.15) is 0 Å². The average molecular weight is 279 g/mol.